The zero-order valence-electron chi connectivity index (χ0n) is 10.3. The number of halogens is 2. The van der Waals surface area contributed by atoms with Crippen LogP contribution >= 0.6 is 27.5 Å². The van der Waals surface area contributed by atoms with Crippen molar-refractivity contribution in [3.05, 3.63) is 11.6 Å². The summed E-state index contributed by atoms with van der Waals surface area (Å²) < 4.78 is 4.83. The van der Waals surface area contributed by atoms with Crippen LogP contribution in [0.2, 0.25) is 0 Å². The van der Waals surface area contributed by atoms with Gasteiger partial charge in [0.05, 0.1) is 4.87 Å². The molecule has 0 rings (SSSR count). The molecule has 0 N–H and O–H groups in total. The average molecular weight is 312 g/mol. The Balaban J connectivity index is 3.88. The number of ether oxygens (including phenoxy) is 1. The first-order valence-electron chi connectivity index (χ1n) is 5.35. The first kappa shape index (κ1) is 16.0. The molecule has 0 radical (unpaired) electrons. The molecule has 0 bridgehead atoms. The number of hydrogen-bond donors (Lipinski definition) is 0. The summed E-state index contributed by atoms with van der Waals surface area (Å²) in [6, 6.07) is 0. The van der Waals surface area contributed by atoms with Crippen LogP contribution in [0.4, 0.5) is 0 Å². The van der Waals surface area contributed by atoms with Crippen molar-refractivity contribution in [3.8, 4) is 0 Å². The highest BCUT2D eigenvalue weighted by molar-refractivity contribution is 9.09. The Morgan fingerprint density at radius 1 is 1.50 bits per heavy atom. The molecule has 1 atom stereocenters. The lowest BCUT2D eigenvalue weighted by Crippen LogP contribution is -2.24. The normalized spacial score (nSPS) is 14.8. The van der Waals surface area contributed by atoms with Gasteiger partial charge in [0.2, 0.25) is 0 Å². The van der Waals surface area contributed by atoms with Gasteiger partial charge < -0.3 is 4.74 Å². The van der Waals surface area contributed by atoms with Gasteiger partial charge >= 0.3 is 5.97 Å². The standard InChI is InChI=1S/C12H20BrClO2/c1-9(7-8-16-10(2)15)5-6-11(13)12(3,4)14/h7,11H,5-6,8H2,1-4H3/b9-7+/t11-/m1/s1. The van der Waals surface area contributed by atoms with E-state index in [4.69, 9.17) is 16.3 Å². The quantitative estimate of drug-likeness (QED) is 0.420. The van der Waals surface area contributed by atoms with Crippen molar-refractivity contribution in [2.24, 2.45) is 0 Å². The highest BCUT2D eigenvalue weighted by atomic mass is 79.9. The van der Waals surface area contributed by atoms with Crippen LogP contribution in [0.15, 0.2) is 11.6 Å². The molecule has 2 nitrogen and oxygen atoms in total. The Kier molecular flexibility index (Phi) is 7.32. The molecular formula is C12H20BrClO2. The third kappa shape index (κ3) is 8.17. The van der Waals surface area contributed by atoms with Crippen LogP contribution in [-0.2, 0) is 9.53 Å². The summed E-state index contributed by atoms with van der Waals surface area (Å²) in [6.45, 7) is 7.79. The van der Waals surface area contributed by atoms with Crippen LogP contribution in [0.3, 0.4) is 0 Å². The van der Waals surface area contributed by atoms with Gasteiger partial charge in [0, 0.05) is 11.8 Å². The van der Waals surface area contributed by atoms with E-state index in [1.807, 2.05) is 26.8 Å². The van der Waals surface area contributed by atoms with Crippen LogP contribution in [0.5, 0.6) is 0 Å². The molecule has 0 aromatic carbocycles. The lowest BCUT2D eigenvalue weighted by atomic mass is 10.0. The maximum absolute atomic E-state index is 10.5. The Bertz CT molecular complexity index is 256. The van der Waals surface area contributed by atoms with Crippen molar-refractivity contribution >= 4 is 33.5 Å². The summed E-state index contributed by atoms with van der Waals surface area (Å²) >= 11 is 9.75. The zero-order chi connectivity index (χ0) is 12.8. The van der Waals surface area contributed by atoms with Gasteiger partial charge in [-0.05, 0) is 39.7 Å². The number of carbonyl (C=O) groups excluding carboxylic acids is 1. The molecule has 0 fully saturated rings. The first-order valence-corrected chi connectivity index (χ1v) is 6.65. The van der Waals surface area contributed by atoms with Crippen molar-refractivity contribution in [3.63, 3.8) is 0 Å². The molecule has 94 valence electrons. The smallest absolute Gasteiger partial charge is 0.302 e. The Labute approximate surface area is 112 Å². The van der Waals surface area contributed by atoms with Gasteiger partial charge in [-0.2, -0.15) is 0 Å². The number of hydrogen-bond acceptors (Lipinski definition) is 2. The second kappa shape index (κ2) is 7.33. The van der Waals surface area contributed by atoms with Crippen LogP contribution in [0.1, 0.15) is 40.5 Å². The van der Waals surface area contributed by atoms with Crippen LogP contribution in [-0.4, -0.2) is 22.3 Å². The Morgan fingerprint density at radius 3 is 2.50 bits per heavy atom. The summed E-state index contributed by atoms with van der Waals surface area (Å²) in [4.78, 5) is 10.6. The number of esters is 1. The fraction of sp³-hybridized carbons (Fsp3) is 0.750. The minimum absolute atomic E-state index is 0.240. The second-order valence-electron chi connectivity index (χ2n) is 4.42. The number of carbonyl (C=O) groups is 1. The summed E-state index contributed by atoms with van der Waals surface area (Å²) in [5.74, 6) is -0.246. The van der Waals surface area contributed by atoms with Gasteiger partial charge in [0.25, 0.3) is 0 Å². The minimum Gasteiger partial charge on any atom is -0.462 e. The van der Waals surface area contributed by atoms with Crippen LogP contribution < -0.4 is 0 Å². The fourth-order valence-electron chi connectivity index (χ4n) is 1.10. The van der Waals surface area contributed by atoms with Crippen LogP contribution in [0.25, 0.3) is 0 Å². The average Bonchev–Trinajstić information content (AvgIpc) is 2.11. The topological polar surface area (TPSA) is 26.3 Å². The highest BCUT2D eigenvalue weighted by Gasteiger charge is 2.23. The fourth-order valence-corrected chi connectivity index (χ4v) is 1.44. The first-order chi connectivity index (χ1) is 7.23. The van der Waals surface area contributed by atoms with Crippen molar-refractivity contribution in [1.29, 1.82) is 0 Å². The molecule has 0 saturated carbocycles. The van der Waals surface area contributed by atoms with E-state index in [1.165, 1.54) is 12.5 Å². The van der Waals surface area contributed by atoms with Gasteiger partial charge in [-0.3, -0.25) is 4.79 Å². The maximum Gasteiger partial charge on any atom is 0.302 e. The third-order valence-electron chi connectivity index (χ3n) is 2.26. The van der Waals surface area contributed by atoms with E-state index in [2.05, 4.69) is 15.9 Å². The molecule has 16 heavy (non-hydrogen) atoms. The van der Waals surface area contributed by atoms with Gasteiger partial charge in [0.1, 0.15) is 6.61 Å². The molecule has 0 aromatic heterocycles. The van der Waals surface area contributed by atoms with Crippen molar-refractivity contribution in [2.75, 3.05) is 6.61 Å². The molecule has 0 amide bonds. The summed E-state index contributed by atoms with van der Waals surface area (Å²) in [6.07, 6.45) is 3.86. The van der Waals surface area contributed by atoms with Gasteiger partial charge in [0.15, 0.2) is 0 Å². The SMILES string of the molecule is CC(=O)OC/C=C(\C)CC[C@@H](Br)C(C)(C)Cl. The van der Waals surface area contributed by atoms with E-state index in [0.29, 0.717) is 6.61 Å². The van der Waals surface area contributed by atoms with E-state index >= 15 is 0 Å². The van der Waals surface area contributed by atoms with E-state index in [0.717, 1.165) is 12.8 Å². The molecule has 0 aliphatic heterocycles. The predicted octanol–water partition coefficient (Wildman–Crippen LogP) is 4.06. The maximum atomic E-state index is 10.5. The Hall–Kier alpha value is -0.0200. The van der Waals surface area contributed by atoms with E-state index in [1.54, 1.807) is 0 Å². The van der Waals surface area contributed by atoms with Crippen LogP contribution in [0, 0.1) is 0 Å². The summed E-state index contributed by atoms with van der Waals surface area (Å²) in [5.41, 5.74) is 1.21. The third-order valence-corrected chi connectivity index (χ3v) is 4.38. The molecular weight excluding hydrogens is 291 g/mol. The van der Waals surface area contributed by atoms with Crippen molar-refractivity contribution < 1.29 is 9.53 Å². The number of alkyl halides is 2. The lowest BCUT2D eigenvalue weighted by molar-refractivity contribution is -0.139. The van der Waals surface area contributed by atoms with E-state index < -0.39 is 0 Å². The van der Waals surface area contributed by atoms with E-state index in [-0.39, 0.29) is 15.7 Å². The largest absolute Gasteiger partial charge is 0.462 e. The van der Waals surface area contributed by atoms with E-state index in [9.17, 15) is 4.79 Å². The molecule has 0 aromatic rings. The van der Waals surface area contributed by atoms with Gasteiger partial charge in [-0.15, -0.1) is 11.6 Å². The Morgan fingerprint density at radius 2 is 2.06 bits per heavy atom. The molecule has 0 unspecified atom stereocenters. The minimum atomic E-state index is -0.246. The van der Waals surface area contributed by atoms with Gasteiger partial charge in [-0.1, -0.05) is 21.5 Å². The molecule has 0 spiro atoms. The predicted molar refractivity (Wildman–Crippen MR) is 72.3 cm³/mol. The molecule has 0 aliphatic rings. The summed E-state index contributed by atoms with van der Waals surface area (Å²) in [5, 5.41) is 0. The number of rotatable bonds is 6. The molecule has 0 saturated heterocycles. The molecule has 4 heteroatoms. The van der Waals surface area contributed by atoms with Crippen molar-refractivity contribution in [1.82, 2.24) is 0 Å². The molecule has 0 aliphatic carbocycles. The second-order valence-corrected chi connectivity index (χ2v) is 6.50. The monoisotopic (exact) mass is 310 g/mol. The molecule has 0 heterocycles. The van der Waals surface area contributed by atoms with Gasteiger partial charge in [-0.25, -0.2) is 0 Å². The number of allylic oxidation sites excluding steroid dienone is 1. The highest BCUT2D eigenvalue weighted by Crippen LogP contribution is 2.29. The zero-order valence-corrected chi connectivity index (χ0v) is 12.7. The van der Waals surface area contributed by atoms with Crippen molar-refractivity contribution in [2.45, 2.75) is 50.2 Å². The summed E-state index contributed by atoms with van der Waals surface area (Å²) in [7, 11) is 0. The lowest BCUT2D eigenvalue weighted by Gasteiger charge is -2.22.